The average Bonchev–Trinajstić information content (AvgIpc) is 2.86. The van der Waals surface area contributed by atoms with Crippen LogP contribution in [0.1, 0.15) is 42.7 Å². The van der Waals surface area contributed by atoms with Crippen molar-refractivity contribution in [1.29, 1.82) is 0 Å². The zero-order valence-corrected chi connectivity index (χ0v) is 16.2. The Balaban J connectivity index is 1.65. The van der Waals surface area contributed by atoms with Gasteiger partial charge < -0.3 is 10.2 Å². The molecule has 2 aliphatic heterocycles. The Hall–Kier alpha value is -2.90. The molecule has 0 radical (unpaired) electrons. The number of nitrogens with zero attached hydrogens (tertiary/aromatic N) is 2. The van der Waals surface area contributed by atoms with Gasteiger partial charge in [-0.2, -0.15) is 13.2 Å². The number of alkyl halides is 3. The number of hydrogen-bond acceptors (Lipinski definition) is 3. The highest BCUT2D eigenvalue weighted by Gasteiger charge is 2.36. The summed E-state index contributed by atoms with van der Waals surface area (Å²) in [6.07, 6.45) is 0.420. The second-order valence-corrected chi connectivity index (χ2v) is 7.55. The number of carbonyl (C=O) groups excluding carboxylic acids is 1. The van der Waals surface area contributed by atoms with Crippen molar-refractivity contribution in [3.8, 4) is 0 Å². The average molecular weight is 419 g/mol. The molecule has 2 heterocycles. The Morgan fingerprint density at radius 3 is 2.50 bits per heavy atom. The molecule has 0 bridgehead atoms. The van der Waals surface area contributed by atoms with E-state index in [-0.39, 0.29) is 16.9 Å². The summed E-state index contributed by atoms with van der Waals surface area (Å²) in [6, 6.07) is 8.21. The molecule has 8 heteroatoms. The molecule has 158 valence electrons. The van der Waals surface area contributed by atoms with Gasteiger partial charge in [0.05, 0.1) is 11.3 Å². The second-order valence-electron chi connectivity index (χ2n) is 7.55. The first-order valence-corrected chi connectivity index (χ1v) is 9.94. The molecule has 4 nitrogen and oxygen atoms in total. The van der Waals surface area contributed by atoms with Crippen LogP contribution >= 0.6 is 0 Å². The standard InChI is InChI=1S/C22H21F4N3O/c23-17-6-5-7-18-20(17)15(21(30)28-18)13-27-14-8-9-19(16(12-14)22(24,25)26)29-10-3-1-2-4-11-29/h5-9,12-13,15H,1-4,10-11H2,(H,28,30). The van der Waals surface area contributed by atoms with Gasteiger partial charge in [-0.05, 0) is 43.2 Å². The maximum absolute atomic E-state index is 14.1. The summed E-state index contributed by atoms with van der Waals surface area (Å²) in [5.41, 5.74) is -0.0224. The molecular weight excluding hydrogens is 398 g/mol. The molecule has 0 aliphatic carbocycles. The van der Waals surface area contributed by atoms with Crippen LogP contribution in [0.5, 0.6) is 0 Å². The molecule has 1 saturated heterocycles. The third kappa shape index (κ3) is 4.04. The Bertz CT molecular complexity index is 979. The van der Waals surface area contributed by atoms with Crippen LogP contribution in [-0.4, -0.2) is 25.2 Å². The van der Waals surface area contributed by atoms with E-state index in [0.717, 1.165) is 31.7 Å². The molecule has 0 aromatic heterocycles. The van der Waals surface area contributed by atoms with Gasteiger partial charge in [0, 0.05) is 36.2 Å². The molecule has 30 heavy (non-hydrogen) atoms. The molecule has 2 aromatic carbocycles. The van der Waals surface area contributed by atoms with Crippen molar-refractivity contribution < 1.29 is 22.4 Å². The SMILES string of the molecule is O=C1Nc2cccc(F)c2C1C=Nc1ccc(N2CCCCCC2)c(C(F)(F)F)c1. The molecule has 4 rings (SSSR count). The summed E-state index contributed by atoms with van der Waals surface area (Å²) in [7, 11) is 0. The van der Waals surface area contributed by atoms with Crippen LogP contribution in [0.15, 0.2) is 41.4 Å². The van der Waals surface area contributed by atoms with E-state index in [9.17, 15) is 22.4 Å². The van der Waals surface area contributed by atoms with Gasteiger partial charge in [-0.15, -0.1) is 0 Å². The minimum atomic E-state index is -4.53. The lowest BCUT2D eigenvalue weighted by Gasteiger charge is -2.26. The fourth-order valence-corrected chi connectivity index (χ4v) is 4.03. The van der Waals surface area contributed by atoms with E-state index in [1.54, 1.807) is 11.0 Å². The topological polar surface area (TPSA) is 44.7 Å². The lowest BCUT2D eigenvalue weighted by Crippen LogP contribution is -2.26. The first-order valence-electron chi connectivity index (χ1n) is 9.94. The van der Waals surface area contributed by atoms with E-state index < -0.39 is 29.4 Å². The highest BCUT2D eigenvalue weighted by molar-refractivity contribution is 6.12. The summed E-state index contributed by atoms with van der Waals surface area (Å²) in [4.78, 5) is 18.0. The first kappa shape index (κ1) is 20.4. The van der Waals surface area contributed by atoms with Crippen LogP contribution in [0.2, 0.25) is 0 Å². The van der Waals surface area contributed by atoms with Gasteiger partial charge >= 0.3 is 6.18 Å². The number of fused-ring (bicyclic) bond motifs is 1. The van der Waals surface area contributed by atoms with E-state index in [4.69, 9.17) is 0 Å². The number of aliphatic imine (C=N–C) groups is 1. The number of amides is 1. The highest BCUT2D eigenvalue weighted by Crippen LogP contribution is 2.40. The number of carbonyl (C=O) groups is 1. The Labute approximate surface area is 171 Å². The third-order valence-corrected chi connectivity index (χ3v) is 5.51. The fraction of sp³-hybridized carbons (Fsp3) is 0.364. The summed E-state index contributed by atoms with van der Waals surface area (Å²) in [5, 5.41) is 2.56. The largest absolute Gasteiger partial charge is 0.418 e. The van der Waals surface area contributed by atoms with Crippen molar-refractivity contribution in [1.82, 2.24) is 0 Å². The van der Waals surface area contributed by atoms with Crippen LogP contribution in [0.25, 0.3) is 0 Å². The van der Waals surface area contributed by atoms with Gasteiger partial charge in [0.1, 0.15) is 11.7 Å². The van der Waals surface area contributed by atoms with Crippen molar-refractivity contribution in [3.63, 3.8) is 0 Å². The summed E-state index contributed by atoms with van der Waals surface area (Å²) < 4.78 is 55.4. The van der Waals surface area contributed by atoms with Crippen molar-refractivity contribution in [2.45, 2.75) is 37.8 Å². The normalized spacial score (nSPS) is 19.7. The van der Waals surface area contributed by atoms with Crippen molar-refractivity contribution in [2.24, 2.45) is 4.99 Å². The van der Waals surface area contributed by atoms with Gasteiger partial charge in [-0.25, -0.2) is 4.39 Å². The monoisotopic (exact) mass is 419 g/mol. The first-order chi connectivity index (χ1) is 14.3. The van der Waals surface area contributed by atoms with E-state index >= 15 is 0 Å². The van der Waals surface area contributed by atoms with Crippen LogP contribution in [-0.2, 0) is 11.0 Å². The minimum absolute atomic E-state index is 0.0680. The van der Waals surface area contributed by atoms with Crippen molar-refractivity contribution in [2.75, 3.05) is 23.3 Å². The van der Waals surface area contributed by atoms with Gasteiger partial charge in [0.2, 0.25) is 5.91 Å². The lowest BCUT2D eigenvalue weighted by atomic mass is 10.0. The van der Waals surface area contributed by atoms with Gasteiger partial charge in [-0.1, -0.05) is 18.9 Å². The van der Waals surface area contributed by atoms with E-state index in [1.165, 1.54) is 30.5 Å². The number of benzene rings is 2. The number of hydrogen-bond donors (Lipinski definition) is 1. The van der Waals surface area contributed by atoms with E-state index in [2.05, 4.69) is 10.3 Å². The minimum Gasteiger partial charge on any atom is -0.371 e. The van der Waals surface area contributed by atoms with Crippen molar-refractivity contribution in [3.05, 3.63) is 53.3 Å². The maximum Gasteiger partial charge on any atom is 0.418 e. The summed E-state index contributed by atoms with van der Waals surface area (Å²) in [5.74, 6) is -2.01. The predicted molar refractivity (Wildman–Crippen MR) is 108 cm³/mol. The Morgan fingerprint density at radius 2 is 1.80 bits per heavy atom. The molecule has 0 saturated carbocycles. The fourth-order valence-electron chi connectivity index (χ4n) is 4.03. The van der Waals surface area contributed by atoms with Crippen LogP contribution in [0.4, 0.5) is 34.6 Å². The Morgan fingerprint density at radius 1 is 1.07 bits per heavy atom. The number of nitrogens with one attached hydrogen (secondary N) is 1. The lowest BCUT2D eigenvalue weighted by molar-refractivity contribution is -0.137. The molecule has 1 amide bonds. The molecule has 1 fully saturated rings. The molecular formula is C22H21F4N3O. The van der Waals surface area contributed by atoms with Gasteiger partial charge in [0.25, 0.3) is 0 Å². The number of rotatable bonds is 3. The predicted octanol–water partition coefficient (Wildman–Crippen LogP) is 5.66. The third-order valence-electron chi connectivity index (χ3n) is 5.51. The van der Waals surface area contributed by atoms with Crippen LogP contribution < -0.4 is 10.2 Å². The van der Waals surface area contributed by atoms with Crippen LogP contribution in [0.3, 0.4) is 0 Å². The highest BCUT2D eigenvalue weighted by atomic mass is 19.4. The number of anilines is 2. The second kappa shape index (κ2) is 8.08. The van der Waals surface area contributed by atoms with Crippen molar-refractivity contribution >= 4 is 29.2 Å². The smallest absolute Gasteiger partial charge is 0.371 e. The molecule has 2 aromatic rings. The number of halogens is 4. The molecule has 1 atom stereocenters. The maximum atomic E-state index is 14.1. The Kier molecular flexibility index (Phi) is 5.49. The summed E-state index contributed by atoms with van der Waals surface area (Å²) in [6.45, 7) is 1.17. The molecule has 0 spiro atoms. The molecule has 1 N–H and O–H groups in total. The van der Waals surface area contributed by atoms with Gasteiger partial charge in [-0.3, -0.25) is 9.79 Å². The van der Waals surface area contributed by atoms with Gasteiger partial charge in [0.15, 0.2) is 0 Å². The quantitative estimate of drug-likeness (QED) is 0.515. The zero-order valence-electron chi connectivity index (χ0n) is 16.2. The van der Waals surface area contributed by atoms with E-state index in [0.29, 0.717) is 18.8 Å². The zero-order chi connectivity index (χ0) is 21.3. The van der Waals surface area contributed by atoms with E-state index in [1.807, 2.05) is 0 Å². The summed E-state index contributed by atoms with van der Waals surface area (Å²) >= 11 is 0. The molecule has 1 unspecified atom stereocenters. The molecule has 2 aliphatic rings. The van der Waals surface area contributed by atoms with Crippen LogP contribution in [0, 0.1) is 5.82 Å².